The smallest absolute Gasteiger partial charge is 0.410 e. The van der Waals surface area contributed by atoms with Crippen LogP contribution in [-0.4, -0.2) is 60.6 Å². The van der Waals surface area contributed by atoms with Gasteiger partial charge in [-0.3, -0.25) is 4.90 Å². The molecule has 35 heavy (non-hydrogen) atoms. The van der Waals surface area contributed by atoms with Gasteiger partial charge in [-0.25, -0.2) is 4.79 Å². The van der Waals surface area contributed by atoms with Gasteiger partial charge in [0.05, 0.1) is 12.7 Å². The maximum atomic E-state index is 13.0. The number of ether oxygens (including phenoxy) is 1. The first-order valence-corrected chi connectivity index (χ1v) is 15.6. The van der Waals surface area contributed by atoms with E-state index in [0.29, 0.717) is 13.0 Å². The minimum absolute atomic E-state index is 0.169. The molecule has 2 aromatic carbocycles. The Morgan fingerprint density at radius 3 is 2.06 bits per heavy atom. The number of cyclic esters (lactones) is 1. The summed E-state index contributed by atoms with van der Waals surface area (Å²) >= 11 is 3.46. The first-order valence-electron chi connectivity index (χ1n) is 12.6. The van der Waals surface area contributed by atoms with Crippen LogP contribution >= 0.6 is 15.9 Å². The van der Waals surface area contributed by atoms with E-state index in [0.717, 1.165) is 18.2 Å². The Hall–Kier alpha value is -1.67. The summed E-state index contributed by atoms with van der Waals surface area (Å²) < 4.78 is 13.5. The molecular weight excluding hydrogens is 522 g/mol. The second-order valence-corrected chi connectivity index (χ2v) is 15.6. The highest BCUT2D eigenvalue weighted by Crippen LogP contribution is 2.42. The normalized spacial score (nSPS) is 21.7. The number of unbranched alkanes of at least 4 members (excludes halogenated alkanes) is 1. The summed E-state index contributed by atoms with van der Waals surface area (Å²) in [5.74, 6) is 0. The molecule has 0 radical (unpaired) electrons. The van der Waals surface area contributed by atoms with Gasteiger partial charge in [0, 0.05) is 11.9 Å². The molecule has 0 aromatic heterocycles. The highest BCUT2D eigenvalue weighted by Gasteiger charge is 2.59. The van der Waals surface area contributed by atoms with E-state index in [2.05, 4.69) is 92.2 Å². The van der Waals surface area contributed by atoms with Crippen LogP contribution < -0.4 is 10.4 Å². The van der Waals surface area contributed by atoms with Crippen LogP contribution in [0.25, 0.3) is 0 Å². The molecule has 3 rings (SSSR count). The number of hydrogen-bond donors (Lipinski definition) is 1. The van der Waals surface area contributed by atoms with E-state index in [1.54, 1.807) is 4.90 Å². The molecule has 1 amide bonds. The molecule has 1 aliphatic heterocycles. The molecule has 1 aliphatic rings. The maximum absolute atomic E-state index is 13.0. The van der Waals surface area contributed by atoms with E-state index >= 15 is 0 Å². The van der Waals surface area contributed by atoms with Gasteiger partial charge in [0.15, 0.2) is 5.60 Å². The van der Waals surface area contributed by atoms with Gasteiger partial charge in [-0.2, -0.15) is 0 Å². The maximum Gasteiger partial charge on any atom is 0.410 e. The zero-order chi connectivity index (χ0) is 25.7. The lowest BCUT2D eigenvalue weighted by molar-refractivity contribution is -0.0620. The van der Waals surface area contributed by atoms with Gasteiger partial charge in [-0.05, 0) is 41.6 Å². The van der Waals surface area contributed by atoms with Crippen LogP contribution in [0.2, 0.25) is 5.04 Å². The number of carbonyl (C=O) groups excluding carboxylic acids is 1. The summed E-state index contributed by atoms with van der Waals surface area (Å²) in [6, 6.07) is 20.5. The molecule has 0 bridgehead atoms. The largest absolute Gasteiger partial charge is 0.438 e. The van der Waals surface area contributed by atoms with Crippen molar-refractivity contribution in [3.8, 4) is 0 Å². The molecule has 1 saturated heterocycles. The Labute approximate surface area is 220 Å². The fraction of sp³-hybridized carbons (Fsp3) is 0.536. The summed E-state index contributed by atoms with van der Waals surface area (Å²) in [6.07, 6.45) is 1.69. The van der Waals surface area contributed by atoms with Crippen LogP contribution in [0.3, 0.4) is 0 Å². The van der Waals surface area contributed by atoms with Crippen molar-refractivity contribution in [3.63, 3.8) is 0 Å². The minimum atomic E-state index is -2.86. The summed E-state index contributed by atoms with van der Waals surface area (Å²) in [6.45, 7) is 11.1. The number of rotatable bonds is 11. The van der Waals surface area contributed by atoms with Gasteiger partial charge in [0.2, 0.25) is 0 Å². The summed E-state index contributed by atoms with van der Waals surface area (Å²) in [7, 11) is -2.86. The topological polar surface area (TPSA) is 59.0 Å². The van der Waals surface area contributed by atoms with E-state index in [1.165, 1.54) is 10.4 Å². The predicted molar refractivity (Wildman–Crippen MR) is 148 cm³/mol. The van der Waals surface area contributed by atoms with Gasteiger partial charge < -0.3 is 14.3 Å². The van der Waals surface area contributed by atoms with E-state index in [4.69, 9.17) is 9.16 Å². The Balaban J connectivity index is 2.10. The first kappa shape index (κ1) is 27.9. The second kappa shape index (κ2) is 11.6. The quantitative estimate of drug-likeness (QED) is 0.236. The highest BCUT2D eigenvalue weighted by atomic mass is 79.9. The SMILES string of the molecule is CC[C@@H](O[Si](c1ccccc1)(c1ccccc1)C(C)(C)C)[C@@]1(C)OC(=O)N(CCCCBr)[C@@H]1CO. The molecule has 192 valence electrons. The van der Waals surface area contributed by atoms with Gasteiger partial charge in [-0.1, -0.05) is 104 Å². The van der Waals surface area contributed by atoms with E-state index in [9.17, 15) is 9.90 Å². The van der Waals surface area contributed by atoms with Crippen molar-refractivity contribution in [2.75, 3.05) is 18.5 Å². The number of carbonyl (C=O) groups is 1. The molecular formula is C28H40BrNO4Si. The molecule has 1 fully saturated rings. The third-order valence-corrected chi connectivity index (χ3v) is 12.9. The van der Waals surface area contributed by atoms with Crippen LogP contribution in [-0.2, 0) is 9.16 Å². The number of halogens is 1. The van der Waals surface area contributed by atoms with Crippen molar-refractivity contribution >= 4 is 40.7 Å². The van der Waals surface area contributed by atoms with Gasteiger partial charge in [0.1, 0.15) is 6.04 Å². The molecule has 0 spiro atoms. The third kappa shape index (κ3) is 5.38. The van der Waals surface area contributed by atoms with Crippen molar-refractivity contribution < 1.29 is 19.1 Å². The summed E-state index contributed by atoms with van der Waals surface area (Å²) in [5.41, 5.74) is -0.970. The Morgan fingerprint density at radius 2 is 1.63 bits per heavy atom. The van der Waals surface area contributed by atoms with Crippen LogP contribution in [0.4, 0.5) is 4.79 Å². The molecule has 0 aliphatic carbocycles. The van der Waals surface area contributed by atoms with Crippen LogP contribution in [0, 0.1) is 0 Å². The molecule has 3 atom stereocenters. The molecule has 2 aromatic rings. The van der Waals surface area contributed by atoms with Crippen molar-refractivity contribution in [1.29, 1.82) is 0 Å². The van der Waals surface area contributed by atoms with Crippen LogP contribution in [0.1, 0.15) is 53.9 Å². The monoisotopic (exact) mass is 561 g/mol. The third-order valence-electron chi connectivity index (χ3n) is 7.28. The number of aliphatic hydroxyl groups excluding tert-OH is 1. The fourth-order valence-electron chi connectivity index (χ4n) is 5.45. The molecule has 7 heteroatoms. The highest BCUT2D eigenvalue weighted by molar-refractivity contribution is 9.09. The summed E-state index contributed by atoms with van der Waals surface area (Å²) in [5, 5.41) is 13.5. The molecule has 0 saturated carbocycles. The summed E-state index contributed by atoms with van der Waals surface area (Å²) in [4.78, 5) is 14.7. The van der Waals surface area contributed by atoms with Crippen LogP contribution in [0.5, 0.6) is 0 Å². The second-order valence-electron chi connectivity index (χ2n) is 10.5. The molecule has 1 N–H and O–H groups in total. The number of amides is 1. The predicted octanol–water partition coefficient (Wildman–Crippen LogP) is 5.09. The van der Waals surface area contributed by atoms with Crippen molar-refractivity contribution in [2.24, 2.45) is 0 Å². The zero-order valence-corrected chi connectivity index (χ0v) is 24.3. The van der Waals surface area contributed by atoms with Crippen LogP contribution in [0.15, 0.2) is 60.7 Å². The van der Waals surface area contributed by atoms with E-state index in [1.807, 2.05) is 19.1 Å². The van der Waals surface area contributed by atoms with Crippen molar-refractivity contribution in [2.45, 2.75) is 76.7 Å². The Morgan fingerprint density at radius 1 is 1.09 bits per heavy atom. The van der Waals surface area contributed by atoms with E-state index < -0.39 is 26.1 Å². The Bertz CT molecular complexity index is 913. The van der Waals surface area contributed by atoms with Crippen molar-refractivity contribution in [1.82, 2.24) is 4.90 Å². The zero-order valence-electron chi connectivity index (χ0n) is 21.7. The lowest BCUT2D eigenvalue weighted by Crippen LogP contribution is -2.70. The number of aliphatic hydroxyl groups is 1. The number of nitrogens with zero attached hydrogens (tertiary/aromatic N) is 1. The lowest BCUT2D eigenvalue weighted by Gasteiger charge is -2.48. The average Bonchev–Trinajstić information content (AvgIpc) is 3.09. The van der Waals surface area contributed by atoms with E-state index in [-0.39, 0.29) is 17.7 Å². The number of alkyl halides is 1. The van der Waals surface area contributed by atoms with Gasteiger partial charge in [-0.15, -0.1) is 0 Å². The molecule has 5 nitrogen and oxygen atoms in total. The molecule has 1 heterocycles. The Kier molecular flexibility index (Phi) is 9.24. The first-order chi connectivity index (χ1) is 16.7. The standard InChI is InChI=1S/C28H40BrNO4Si/c1-6-25(28(5)24(21-31)30(26(32)33-28)20-14-13-19-29)34-35(27(2,3)4,22-15-9-7-10-16-22)23-17-11-8-12-18-23/h7-12,15-18,24-25,31H,6,13-14,19-21H2,1-5H3/t24-,25-,28+/m1/s1. The lowest BCUT2D eigenvalue weighted by atomic mass is 9.89. The average molecular weight is 563 g/mol. The number of benzene rings is 2. The minimum Gasteiger partial charge on any atom is -0.438 e. The fourth-order valence-corrected chi connectivity index (χ4v) is 10.7. The van der Waals surface area contributed by atoms with Crippen molar-refractivity contribution in [3.05, 3.63) is 60.7 Å². The van der Waals surface area contributed by atoms with Gasteiger partial charge >= 0.3 is 6.09 Å². The number of hydrogen-bond acceptors (Lipinski definition) is 4. The van der Waals surface area contributed by atoms with Gasteiger partial charge in [0.25, 0.3) is 8.32 Å². The molecule has 0 unspecified atom stereocenters.